The molecule has 8 nitrogen and oxygen atoms in total. The van der Waals surface area contributed by atoms with Gasteiger partial charge in [-0.25, -0.2) is 9.79 Å². The lowest BCUT2D eigenvalue weighted by Crippen LogP contribution is -2.47. The summed E-state index contributed by atoms with van der Waals surface area (Å²) in [5, 5.41) is 2.72. The number of carbonyl (C=O) groups excluding carboxylic acids is 2. The number of esters is 1. The summed E-state index contributed by atoms with van der Waals surface area (Å²) in [4.78, 5) is 38.1. The van der Waals surface area contributed by atoms with Crippen molar-refractivity contribution in [3.05, 3.63) is 82.4 Å². The zero-order valence-corrected chi connectivity index (χ0v) is 22.7. The first-order chi connectivity index (χ1) is 18.5. The molecule has 1 amide bonds. The largest absolute Gasteiger partial charge is 0.497 e. The van der Waals surface area contributed by atoms with Crippen LogP contribution in [0.5, 0.6) is 5.75 Å². The van der Waals surface area contributed by atoms with Crippen LogP contribution in [0.15, 0.2) is 76.3 Å². The van der Waals surface area contributed by atoms with Crippen LogP contribution < -0.4 is 4.74 Å². The quantitative estimate of drug-likeness (QED) is 0.497. The van der Waals surface area contributed by atoms with Crippen LogP contribution >= 0.6 is 11.8 Å². The van der Waals surface area contributed by atoms with Crippen molar-refractivity contribution in [1.29, 1.82) is 0 Å². The third-order valence-corrected chi connectivity index (χ3v) is 7.86. The summed E-state index contributed by atoms with van der Waals surface area (Å²) in [7, 11) is 3.70. The van der Waals surface area contributed by atoms with Gasteiger partial charge in [-0.1, -0.05) is 54.2 Å². The monoisotopic (exact) mass is 532 g/mol. The summed E-state index contributed by atoms with van der Waals surface area (Å²) in [6, 6.07) is 16.9. The van der Waals surface area contributed by atoms with Crippen LogP contribution in [0.3, 0.4) is 0 Å². The molecule has 1 atom stereocenters. The van der Waals surface area contributed by atoms with Crippen molar-refractivity contribution in [2.45, 2.75) is 19.4 Å². The average Bonchev–Trinajstić information content (AvgIpc) is 3.35. The number of methoxy groups -OCH3 is 1. The summed E-state index contributed by atoms with van der Waals surface area (Å²) >= 11 is 1.48. The molecule has 0 aromatic heterocycles. The molecular formula is C29H32N4O4S. The first kappa shape index (κ1) is 26.1. The zero-order valence-electron chi connectivity index (χ0n) is 21.9. The van der Waals surface area contributed by atoms with Gasteiger partial charge in [-0.05, 0) is 37.1 Å². The fraction of sp³-hybridized carbons (Fsp3) is 0.345. The van der Waals surface area contributed by atoms with E-state index in [2.05, 4.69) is 11.9 Å². The number of hydrogen-bond donors (Lipinski definition) is 0. The highest BCUT2D eigenvalue weighted by atomic mass is 32.2. The minimum Gasteiger partial charge on any atom is -0.497 e. The molecule has 0 spiro atoms. The average molecular weight is 533 g/mol. The second kappa shape index (κ2) is 11.4. The fourth-order valence-corrected chi connectivity index (χ4v) is 5.83. The topological polar surface area (TPSA) is 74.7 Å². The number of rotatable bonds is 7. The van der Waals surface area contributed by atoms with Gasteiger partial charge in [0.2, 0.25) is 5.91 Å². The molecule has 1 saturated heterocycles. The Kier molecular flexibility index (Phi) is 7.85. The van der Waals surface area contributed by atoms with Gasteiger partial charge in [-0.3, -0.25) is 4.79 Å². The number of aliphatic imine (C=N–C) groups is 1. The van der Waals surface area contributed by atoms with Gasteiger partial charge in [0.05, 0.1) is 37.4 Å². The summed E-state index contributed by atoms with van der Waals surface area (Å²) < 4.78 is 11.0. The van der Waals surface area contributed by atoms with E-state index < -0.39 is 12.0 Å². The predicted molar refractivity (Wildman–Crippen MR) is 149 cm³/mol. The van der Waals surface area contributed by atoms with E-state index in [1.807, 2.05) is 69.8 Å². The Labute approximate surface area is 227 Å². The first-order valence-electron chi connectivity index (χ1n) is 12.8. The van der Waals surface area contributed by atoms with Gasteiger partial charge in [0.25, 0.3) is 0 Å². The van der Waals surface area contributed by atoms with Crippen molar-refractivity contribution in [3.8, 4) is 5.75 Å². The molecule has 0 radical (unpaired) electrons. The Hall–Kier alpha value is -3.56. The Morgan fingerprint density at radius 2 is 1.74 bits per heavy atom. The van der Waals surface area contributed by atoms with Crippen molar-refractivity contribution >= 4 is 34.5 Å². The molecule has 3 heterocycles. The van der Waals surface area contributed by atoms with Gasteiger partial charge < -0.3 is 24.2 Å². The molecule has 9 heteroatoms. The Bertz CT molecular complexity index is 1280. The molecule has 1 fully saturated rings. The number of hydrogen-bond acceptors (Lipinski definition) is 8. The van der Waals surface area contributed by atoms with Gasteiger partial charge in [0, 0.05) is 37.4 Å². The van der Waals surface area contributed by atoms with Crippen LogP contribution in [0.25, 0.3) is 5.70 Å². The lowest BCUT2D eigenvalue weighted by Gasteiger charge is -2.38. The number of amides is 1. The maximum absolute atomic E-state index is 13.6. The van der Waals surface area contributed by atoms with E-state index in [0.29, 0.717) is 24.4 Å². The Balaban J connectivity index is 1.57. The molecule has 2 aromatic carbocycles. The number of ether oxygens (including phenoxy) is 2. The zero-order chi connectivity index (χ0) is 26.6. The highest BCUT2D eigenvalue weighted by Crippen LogP contribution is 2.47. The van der Waals surface area contributed by atoms with Crippen molar-refractivity contribution in [2.75, 3.05) is 46.9 Å². The Morgan fingerprint density at radius 3 is 2.39 bits per heavy atom. The number of likely N-dealkylation sites (N-methyl/N-ethyl adjacent to an activating group) is 1. The van der Waals surface area contributed by atoms with E-state index in [0.717, 1.165) is 40.8 Å². The molecule has 0 aliphatic carbocycles. The maximum atomic E-state index is 13.6. The second-order valence-corrected chi connectivity index (χ2v) is 10.2. The minimum atomic E-state index is -0.510. The van der Waals surface area contributed by atoms with E-state index in [9.17, 15) is 9.59 Å². The molecule has 5 rings (SSSR count). The first-order valence-corrected chi connectivity index (χ1v) is 13.7. The SMILES string of the molecule is CCOC(=O)C1=C(c2ccccc2)N=C2SC=C(CC(=O)N3CCN(C)CC3)N2C1c1ccc(OC)cc1. The number of piperazine rings is 1. The second-order valence-electron chi connectivity index (χ2n) is 9.38. The third-order valence-electron chi connectivity index (χ3n) is 6.97. The molecule has 3 aliphatic rings. The Morgan fingerprint density at radius 1 is 1.03 bits per heavy atom. The lowest BCUT2D eigenvalue weighted by atomic mass is 9.91. The summed E-state index contributed by atoms with van der Waals surface area (Å²) in [6.07, 6.45) is 0.235. The van der Waals surface area contributed by atoms with Gasteiger partial charge in [-0.15, -0.1) is 0 Å². The van der Waals surface area contributed by atoms with E-state index in [1.165, 1.54) is 11.8 Å². The van der Waals surface area contributed by atoms with Crippen molar-refractivity contribution in [1.82, 2.24) is 14.7 Å². The summed E-state index contributed by atoms with van der Waals surface area (Å²) in [5.41, 5.74) is 3.59. The molecular weight excluding hydrogens is 500 g/mol. The van der Waals surface area contributed by atoms with Gasteiger partial charge >= 0.3 is 5.97 Å². The predicted octanol–water partition coefficient (Wildman–Crippen LogP) is 4.13. The smallest absolute Gasteiger partial charge is 0.338 e. The van der Waals surface area contributed by atoms with Crippen LogP contribution in [0.2, 0.25) is 0 Å². The standard InChI is InChI=1S/C29H32N4O4S/c1-4-37-28(35)25-26(20-8-6-5-7-9-20)30-29-33(27(25)21-10-12-23(36-3)13-11-21)22(19-38-29)18-24(34)32-16-14-31(2)15-17-32/h5-13,19,27H,4,14-18H2,1-3H3. The number of thioether (sulfide) groups is 1. The molecule has 3 aliphatic heterocycles. The minimum absolute atomic E-state index is 0.0789. The van der Waals surface area contributed by atoms with Gasteiger partial charge in [-0.2, -0.15) is 0 Å². The molecule has 2 aromatic rings. The van der Waals surface area contributed by atoms with Crippen LogP contribution in [0, 0.1) is 0 Å². The lowest BCUT2D eigenvalue weighted by molar-refractivity contribution is -0.139. The van der Waals surface area contributed by atoms with Crippen LogP contribution in [0.4, 0.5) is 0 Å². The molecule has 0 N–H and O–H groups in total. The normalized spacial score (nSPS) is 19.6. The molecule has 0 bridgehead atoms. The fourth-order valence-electron chi connectivity index (χ4n) is 4.91. The van der Waals surface area contributed by atoms with Crippen molar-refractivity contribution in [2.24, 2.45) is 4.99 Å². The van der Waals surface area contributed by atoms with Crippen LogP contribution in [0.1, 0.15) is 30.5 Å². The third kappa shape index (κ3) is 5.21. The van der Waals surface area contributed by atoms with E-state index in [1.54, 1.807) is 14.0 Å². The molecule has 0 saturated carbocycles. The number of nitrogens with zero attached hydrogens (tertiary/aromatic N) is 4. The van der Waals surface area contributed by atoms with Crippen LogP contribution in [-0.4, -0.2) is 78.7 Å². The maximum Gasteiger partial charge on any atom is 0.338 e. The van der Waals surface area contributed by atoms with E-state index >= 15 is 0 Å². The summed E-state index contributed by atoms with van der Waals surface area (Å²) in [5.74, 6) is 0.382. The summed E-state index contributed by atoms with van der Waals surface area (Å²) in [6.45, 7) is 5.19. The van der Waals surface area contributed by atoms with Gasteiger partial charge in [0.1, 0.15) is 5.75 Å². The number of carbonyl (C=O) groups is 2. The molecule has 38 heavy (non-hydrogen) atoms. The highest BCUT2D eigenvalue weighted by Gasteiger charge is 2.42. The van der Waals surface area contributed by atoms with E-state index in [-0.39, 0.29) is 18.9 Å². The van der Waals surface area contributed by atoms with Crippen molar-refractivity contribution < 1.29 is 19.1 Å². The van der Waals surface area contributed by atoms with Gasteiger partial charge in [0.15, 0.2) is 5.17 Å². The molecule has 1 unspecified atom stereocenters. The number of amidine groups is 1. The van der Waals surface area contributed by atoms with Crippen LogP contribution in [-0.2, 0) is 14.3 Å². The highest BCUT2D eigenvalue weighted by molar-refractivity contribution is 8.16. The number of fused-ring (bicyclic) bond motifs is 1. The van der Waals surface area contributed by atoms with Crippen molar-refractivity contribution in [3.63, 3.8) is 0 Å². The number of benzene rings is 2. The molecule has 198 valence electrons. The van der Waals surface area contributed by atoms with E-state index in [4.69, 9.17) is 14.5 Å².